The summed E-state index contributed by atoms with van der Waals surface area (Å²) in [6, 6.07) is 0. The smallest absolute Gasteiger partial charge is 0.0897 e. The van der Waals surface area contributed by atoms with Crippen LogP contribution < -0.4 is 5.32 Å². The van der Waals surface area contributed by atoms with Crippen molar-refractivity contribution in [3.05, 3.63) is 0 Å². The van der Waals surface area contributed by atoms with Gasteiger partial charge in [-0.1, -0.05) is 26.7 Å². The van der Waals surface area contributed by atoms with E-state index in [4.69, 9.17) is 9.47 Å². The third kappa shape index (κ3) is 10.6. The predicted molar refractivity (Wildman–Crippen MR) is 80.9 cm³/mol. The van der Waals surface area contributed by atoms with Gasteiger partial charge in [0.15, 0.2) is 0 Å². The summed E-state index contributed by atoms with van der Waals surface area (Å²) >= 11 is 0. The van der Waals surface area contributed by atoms with Crippen molar-refractivity contribution < 1.29 is 19.7 Å². The van der Waals surface area contributed by atoms with Crippen LogP contribution in [0.2, 0.25) is 0 Å². The number of rotatable bonds is 13. The minimum atomic E-state index is -0.553. The summed E-state index contributed by atoms with van der Waals surface area (Å²) in [5.41, 5.74) is 0. The van der Waals surface area contributed by atoms with E-state index in [-0.39, 0.29) is 18.8 Å². The Labute approximate surface area is 123 Å². The summed E-state index contributed by atoms with van der Waals surface area (Å²) in [6.07, 6.45) is 1.25. The van der Waals surface area contributed by atoms with Gasteiger partial charge in [-0.2, -0.15) is 0 Å². The lowest BCUT2D eigenvalue weighted by molar-refractivity contribution is -0.0108. The van der Waals surface area contributed by atoms with Crippen LogP contribution in [-0.2, 0) is 9.47 Å². The van der Waals surface area contributed by atoms with Gasteiger partial charge in [-0.25, -0.2) is 0 Å². The summed E-state index contributed by atoms with van der Waals surface area (Å²) in [5.74, 6) is 0.323. The standard InChI is InChI=1S/C15H33NO4/c1-5-13(6-2)15(18)10-16-9-14(17)11-19-7-8-20-12(3)4/h12-18H,5-11H2,1-4H3. The van der Waals surface area contributed by atoms with Crippen molar-refractivity contribution in [2.24, 2.45) is 5.92 Å². The first-order chi connectivity index (χ1) is 9.51. The van der Waals surface area contributed by atoms with Gasteiger partial charge in [0.25, 0.3) is 0 Å². The van der Waals surface area contributed by atoms with Gasteiger partial charge in [-0.05, 0) is 19.8 Å². The molecule has 0 aromatic rings. The van der Waals surface area contributed by atoms with Crippen LogP contribution in [0.15, 0.2) is 0 Å². The first kappa shape index (κ1) is 19.8. The second-order valence-electron chi connectivity index (χ2n) is 5.45. The predicted octanol–water partition coefficient (Wildman–Crippen LogP) is 1.18. The second-order valence-corrected chi connectivity index (χ2v) is 5.45. The van der Waals surface area contributed by atoms with Gasteiger partial charge in [-0.15, -0.1) is 0 Å². The molecule has 0 heterocycles. The third-order valence-electron chi connectivity index (χ3n) is 3.32. The van der Waals surface area contributed by atoms with Gasteiger partial charge >= 0.3 is 0 Å². The van der Waals surface area contributed by atoms with E-state index in [1.165, 1.54) is 0 Å². The third-order valence-corrected chi connectivity index (χ3v) is 3.32. The fourth-order valence-corrected chi connectivity index (χ4v) is 2.02. The number of hydrogen-bond donors (Lipinski definition) is 3. The van der Waals surface area contributed by atoms with Crippen molar-refractivity contribution >= 4 is 0 Å². The lowest BCUT2D eigenvalue weighted by Crippen LogP contribution is -2.38. The van der Waals surface area contributed by atoms with Crippen molar-refractivity contribution in [1.29, 1.82) is 0 Å². The summed E-state index contributed by atoms with van der Waals surface area (Å²) in [4.78, 5) is 0. The van der Waals surface area contributed by atoms with Gasteiger partial charge < -0.3 is 25.0 Å². The number of hydrogen-bond acceptors (Lipinski definition) is 5. The number of nitrogens with one attached hydrogen (secondary N) is 1. The lowest BCUT2D eigenvalue weighted by atomic mass is 9.96. The highest BCUT2D eigenvalue weighted by Crippen LogP contribution is 2.12. The lowest BCUT2D eigenvalue weighted by Gasteiger charge is -2.21. The van der Waals surface area contributed by atoms with E-state index in [9.17, 15) is 10.2 Å². The van der Waals surface area contributed by atoms with Crippen LogP contribution in [0.5, 0.6) is 0 Å². The first-order valence-electron chi connectivity index (χ1n) is 7.77. The molecule has 0 aliphatic carbocycles. The van der Waals surface area contributed by atoms with E-state index in [1.54, 1.807) is 0 Å². The Balaban J connectivity index is 3.51. The first-order valence-corrected chi connectivity index (χ1v) is 7.77. The van der Waals surface area contributed by atoms with E-state index in [0.29, 0.717) is 32.2 Å². The summed E-state index contributed by atoms with van der Waals surface area (Å²) in [5, 5.41) is 22.7. The largest absolute Gasteiger partial charge is 0.392 e. The minimum Gasteiger partial charge on any atom is -0.392 e. The molecule has 20 heavy (non-hydrogen) atoms. The van der Waals surface area contributed by atoms with Crippen molar-refractivity contribution in [3.63, 3.8) is 0 Å². The number of aliphatic hydroxyl groups excluding tert-OH is 2. The maximum absolute atomic E-state index is 9.93. The zero-order chi connectivity index (χ0) is 15.4. The van der Waals surface area contributed by atoms with Gasteiger partial charge in [0.05, 0.1) is 38.1 Å². The van der Waals surface area contributed by atoms with E-state index in [2.05, 4.69) is 19.2 Å². The summed E-state index contributed by atoms with van der Waals surface area (Å²) < 4.78 is 10.6. The van der Waals surface area contributed by atoms with Crippen LogP contribution in [0.3, 0.4) is 0 Å². The highest BCUT2D eigenvalue weighted by Gasteiger charge is 2.15. The van der Waals surface area contributed by atoms with Gasteiger partial charge in [-0.3, -0.25) is 0 Å². The highest BCUT2D eigenvalue weighted by atomic mass is 16.5. The molecule has 0 fully saturated rings. The molecule has 5 heteroatoms. The van der Waals surface area contributed by atoms with Crippen LogP contribution in [0.25, 0.3) is 0 Å². The molecular formula is C15H33NO4. The molecule has 0 rings (SSSR count). The molecule has 0 bridgehead atoms. The Hall–Kier alpha value is -0.200. The Morgan fingerprint density at radius 3 is 2.20 bits per heavy atom. The quantitative estimate of drug-likeness (QED) is 0.444. The Kier molecular flexibility index (Phi) is 12.4. The fraction of sp³-hybridized carbons (Fsp3) is 1.00. The SMILES string of the molecule is CCC(CC)C(O)CNCC(O)COCCOC(C)C. The van der Waals surface area contributed by atoms with Crippen LogP contribution in [0, 0.1) is 5.92 Å². The van der Waals surface area contributed by atoms with Crippen LogP contribution in [0.1, 0.15) is 40.5 Å². The Morgan fingerprint density at radius 1 is 1.00 bits per heavy atom. The maximum Gasteiger partial charge on any atom is 0.0897 e. The van der Waals surface area contributed by atoms with Crippen molar-refractivity contribution in [2.45, 2.75) is 58.8 Å². The zero-order valence-corrected chi connectivity index (χ0v) is 13.5. The van der Waals surface area contributed by atoms with Crippen molar-refractivity contribution in [2.75, 3.05) is 32.9 Å². The molecule has 0 aliphatic rings. The number of ether oxygens (including phenoxy) is 2. The molecule has 3 N–H and O–H groups in total. The topological polar surface area (TPSA) is 71.0 Å². The summed E-state index contributed by atoms with van der Waals surface area (Å²) in [7, 11) is 0. The zero-order valence-electron chi connectivity index (χ0n) is 13.5. The maximum atomic E-state index is 9.93. The van der Waals surface area contributed by atoms with Gasteiger partial charge in [0, 0.05) is 13.1 Å². The van der Waals surface area contributed by atoms with E-state index < -0.39 is 6.10 Å². The van der Waals surface area contributed by atoms with Crippen LogP contribution in [-0.4, -0.2) is 61.4 Å². The molecule has 0 aromatic heterocycles. The van der Waals surface area contributed by atoms with Gasteiger partial charge in [0.2, 0.25) is 0 Å². The van der Waals surface area contributed by atoms with E-state index in [1.807, 2.05) is 13.8 Å². The minimum absolute atomic E-state index is 0.205. The monoisotopic (exact) mass is 291 g/mol. The van der Waals surface area contributed by atoms with Crippen molar-refractivity contribution in [1.82, 2.24) is 5.32 Å². The Morgan fingerprint density at radius 2 is 1.65 bits per heavy atom. The molecule has 0 spiro atoms. The molecule has 0 aromatic carbocycles. The molecule has 2 unspecified atom stereocenters. The fourth-order valence-electron chi connectivity index (χ4n) is 2.02. The molecule has 2 atom stereocenters. The Bertz CT molecular complexity index is 210. The second kappa shape index (κ2) is 12.5. The average molecular weight is 291 g/mol. The van der Waals surface area contributed by atoms with Crippen molar-refractivity contribution in [3.8, 4) is 0 Å². The summed E-state index contributed by atoms with van der Waals surface area (Å²) in [6.45, 7) is 10.4. The van der Waals surface area contributed by atoms with Crippen LogP contribution >= 0.6 is 0 Å². The molecule has 0 radical (unpaired) electrons. The average Bonchev–Trinajstić information content (AvgIpc) is 2.39. The molecule has 0 aliphatic heterocycles. The molecule has 5 nitrogen and oxygen atoms in total. The highest BCUT2D eigenvalue weighted by molar-refractivity contribution is 4.70. The molecule has 0 amide bonds. The van der Waals surface area contributed by atoms with Gasteiger partial charge in [0.1, 0.15) is 0 Å². The van der Waals surface area contributed by atoms with E-state index in [0.717, 1.165) is 12.8 Å². The number of aliphatic hydroxyl groups is 2. The normalized spacial score (nSPS) is 15.0. The molecule has 0 saturated heterocycles. The molecule has 122 valence electrons. The molecule has 0 saturated carbocycles. The molecular weight excluding hydrogens is 258 g/mol. The van der Waals surface area contributed by atoms with Crippen LogP contribution in [0.4, 0.5) is 0 Å². The van der Waals surface area contributed by atoms with E-state index >= 15 is 0 Å².